The lowest BCUT2D eigenvalue weighted by molar-refractivity contribution is -0.274. The van der Waals surface area contributed by atoms with E-state index >= 15 is 0 Å². The van der Waals surface area contributed by atoms with Crippen molar-refractivity contribution >= 4 is 17.4 Å². The Morgan fingerprint density at radius 2 is 1.38 bits per heavy atom. The Balaban J connectivity index is 1.34. The molecule has 0 unspecified atom stereocenters. The number of anilines is 1. The second-order valence-electron chi connectivity index (χ2n) is 8.91. The monoisotopic (exact) mass is 549 g/mol. The SMILES string of the molecule is O=C(c1ccccc1)c1ccccc1N[C@@H](Cc1ccc(OCCc2ccc(OC(F)(F)F)cc2)cc1)C(=O)O. The van der Waals surface area contributed by atoms with E-state index in [1.165, 1.54) is 24.3 Å². The Morgan fingerprint density at radius 1 is 0.775 bits per heavy atom. The maximum atomic E-state index is 13.0. The summed E-state index contributed by atoms with van der Waals surface area (Å²) in [6.07, 6.45) is -4.10. The van der Waals surface area contributed by atoms with Crippen LogP contribution in [0.25, 0.3) is 0 Å². The first-order valence-electron chi connectivity index (χ1n) is 12.4. The van der Waals surface area contributed by atoms with Gasteiger partial charge in [-0.05, 0) is 47.5 Å². The van der Waals surface area contributed by atoms with Gasteiger partial charge < -0.3 is 19.9 Å². The summed E-state index contributed by atoms with van der Waals surface area (Å²) in [7, 11) is 0. The molecule has 206 valence electrons. The second kappa shape index (κ2) is 12.8. The average molecular weight is 550 g/mol. The Kier molecular flexibility index (Phi) is 9.06. The van der Waals surface area contributed by atoms with Crippen LogP contribution >= 0.6 is 0 Å². The minimum atomic E-state index is -4.73. The number of carbonyl (C=O) groups is 2. The summed E-state index contributed by atoms with van der Waals surface area (Å²) >= 11 is 0. The van der Waals surface area contributed by atoms with Crippen molar-refractivity contribution in [3.05, 3.63) is 125 Å². The van der Waals surface area contributed by atoms with Crippen LogP contribution < -0.4 is 14.8 Å². The molecule has 1 atom stereocenters. The van der Waals surface area contributed by atoms with Gasteiger partial charge in [0.25, 0.3) is 0 Å². The van der Waals surface area contributed by atoms with Crippen LogP contribution in [0.4, 0.5) is 18.9 Å². The number of ketones is 1. The van der Waals surface area contributed by atoms with Crippen molar-refractivity contribution in [1.82, 2.24) is 0 Å². The molecule has 0 radical (unpaired) electrons. The van der Waals surface area contributed by atoms with Crippen molar-refractivity contribution < 1.29 is 37.3 Å². The molecule has 4 rings (SSSR count). The van der Waals surface area contributed by atoms with Crippen molar-refractivity contribution in [3.8, 4) is 11.5 Å². The van der Waals surface area contributed by atoms with Gasteiger partial charge >= 0.3 is 12.3 Å². The highest BCUT2D eigenvalue weighted by atomic mass is 19.4. The first kappa shape index (κ1) is 28.2. The Bertz CT molecular complexity index is 1420. The van der Waals surface area contributed by atoms with Gasteiger partial charge in [0.15, 0.2) is 5.78 Å². The minimum Gasteiger partial charge on any atom is -0.493 e. The van der Waals surface area contributed by atoms with Crippen LogP contribution in [0.3, 0.4) is 0 Å². The fraction of sp³-hybridized carbons (Fsp3) is 0.161. The lowest BCUT2D eigenvalue weighted by atomic mass is 10.00. The van der Waals surface area contributed by atoms with Crippen LogP contribution in [0.1, 0.15) is 27.0 Å². The second-order valence-corrected chi connectivity index (χ2v) is 8.91. The first-order valence-corrected chi connectivity index (χ1v) is 12.4. The number of ether oxygens (including phenoxy) is 2. The van der Waals surface area contributed by atoms with Crippen LogP contribution in [0.2, 0.25) is 0 Å². The van der Waals surface area contributed by atoms with Gasteiger partial charge in [-0.2, -0.15) is 0 Å². The van der Waals surface area contributed by atoms with Crippen LogP contribution in [0.5, 0.6) is 11.5 Å². The largest absolute Gasteiger partial charge is 0.573 e. The highest BCUT2D eigenvalue weighted by molar-refractivity contribution is 6.12. The maximum Gasteiger partial charge on any atom is 0.573 e. The van der Waals surface area contributed by atoms with E-state index in [4.69, 9.17) is 4.74 Å². The van der Waals surface area contributed by atoms with E-state index < -0.39 is 18.4 Å². The van der Waals surface area contributed by atoms with E-state index in [1.54, 1.807) is 72.8 Å². The van der Waals surface area contributed by atoms with E-state index in [0.29, 0.717) is 35.6 Å². The third-order valence-corrected chi connectivity index (χ3v) is 6.02. The molecule has 0 aliphatic rings. The van der Waals surface area contributed by atoms with Gasteiger partial charge in [-0.1, -0.05) is 66.7 Å². The molecule has 6 nitrogen and oxygen atoms in total. The van der Waals surface area contributed by atoms with Crippen molar-refractivity contribution in [2.75, 3.05) is 11.9 Å². The standard InChI is InChI=1S/C31H26F3NO5/c32-31(33,34)40-25-16-10-21(11-17-25)18-19-39-24-14-12-22(13-15-24)20-28(30(37)38)35-27-9-5-4-8-26(27)29(36)23-6-2-1-3-7-23/h1-17,28,35H,18-20H2,(H,37,38)/t28-/m0/s1. The molecule has 4 aromatic carbocycles. The topological polar surface area (TPSA) is 84.9 Å². The molecule has 4 aromatic rings. The number of nitrogens with one attached hydrogen (secondary N) is 1. The van der Waals surface area contributed by atoms with Crippen LogP contribution in [0.15, 0.2) is 103 Å². The zero-order valence-electron chi connectivity index (χ0n) is 21.2. The van der Waals surface area contributed by atoms with Gasteiger partial charge in [-0.15, -0.1) is 13.2 Å². The highest BCUT2D eigenvalue weighted by Crippen LogP contribution is 2.24. The number of carboxylic acid groups (broad SMARTS) is 1. The quantitative estimate of drug-likeness (QED) is 0.195. The normalized spacial score (nSPS) is 11.9. The molecule has 40 heavy (non-hydrogen) atoms. The molecule has 0 heterocycles. The molecule has 0 bridgehead atoms. The zero-order chi connectivity index (χ0) is 28.5. The van der Waals surface area contributed by atoms with Gasteiger partial charge in [0.05, 0.1) is 6.61 Å². The Morgan fingerprint density at radius 3 is 2.02 bits per heavy atom. The van der Waals surface area contributed by atoms with Gasteiger partial charge in [-0.25, -0.2) is 4.79 Å². The molecule has 0 saturated heterocycles. The summed E-state index contributed by atoms with van der Waals surface area (Å²) in [5, 5.41) is 12.9. The Hall–Kier alpha value is -4.79. The molecule has 0 aromatic heterocycles. The van der Waals surface area contributed by atoms with Crippen molar-refractivity contribution in [2.45, 2.75) is 25.2 Å². The van der Waals surface area contributed by atoms with Gasteiger partial charge in [-0.3, -0.25) is 4.79 Å². The van der Waals surface area contributed by atoms with Crippen molar-refractivity contribution in [3.63, 3.8) is 0 Å². The molecule has 0 aliphatic carbocycles. The van der Waals surface area contributed by atoms with Crippen LogP contribution in [0, 0.1) is 0 Å². The summed E-state index contributed by atoms with van der Waals surface area (Å²) in [4.78, 5) is 25.1. The summed E-state index contributed by atoms with van der Waals surface area (Å²) in [5.74, 6) is -0.985. The highest BCUT2D eigenvalue weighted by Gasteiger charge is 2.31. The fourth-order valence-corrected chi connectivity index (χ4v) is 4.04. The molecular formula is C31H26F3NO5. The molecule has 0 saturated carbocycles. The van der Waals surface area contributed by atoms with E-state index in [9.17, 15) is 27.9 Å². The Labute approximate surface area is 229 Å². The number of rotatable bonds is 12. The maximum absolute atomic E-state index is 13.0. The van der Waals surface area contributed by atoms with E-state index in [0.717, 1.165) is 11.1 Å². The van der Waals surface area contributed by atoms with Crippen LogP contribution in [-0.2, 0) is 17.6 Å². The summed E-state index contributed by atoms with van der Waals surface area (Å²) in [5.41, 5.74) is 2.85. The molecule has 0 fully saturated rings. The number of alkyl halides is 3. The third-order valence-electron chi connectivity index (χ3n) is 6.02. The number of carboxylic acids is 1. The van der Waals surface area contributed by atoms with Crippen LogP contribution in [-0.4, -0.2) is 35.9 Å². The number of para-hydroxylation sites is 1. The van der Waals surface area contributed by atoms with E-state index in [1.807, 2.05) is 6.07 Å². The minimum absolute atomic E-state index is 0.163. The molecule has 0 aliphatic heterocycles. The first-order chi connectivity index (χ1) is 19.2. The lowest BCUT2D eigenvalue weighted by Crippen LogP contribution is -2.32. The smallest absolute Gasteiger partial charge is 0.493 e. The number of hydrogen-bond donors (Lipinski definition) is 2. The van der Waals surface area contributed by atoms with Gasteiger partial charge in [0.2, 0.25) is 0 Å². The zero-order valence-corrected chi connectivity index (χ0v) is 21.2. The third kappa shape index (κ3) is 8.10. The molecular weight excluding hydrogens is 523 g/mol. The van der Waals surface area contributed by atoms with E-state index in [2.05, 4.69) is 10.1 Å². The summed E-state index contributed by atoms with van der Waals surface area (Å²) in [6.45, 7) is 0.296. The van der Waals surface area contributed by atoms with Gasteiger partial charge in [0, 0.05) is 29.7 Å². The molecule has 0 spiro atoms. The number of halogens is 3. The van der Waals surface area contributed by atoms with Crippen molar-refractivity contribution in [1.29, 1.82) is 0 Å². The number of hydrogen-bond acceptors (Lipinski definition) is 5. The number of carbonyl (C=O) groups excluding carboxylic acids is 1. The molecule has 0 amide bonds. The lowest BCUT2D eigenvalue weighted by Gasteiger charge is -2.18. The summed E-state index contributed by atoms with van der Waals surface area (Å²) in [6, 6.07) is 27.1. The van der Waals surface area contributed by atoms with E-state index in [-0.39, 0.29) is 18.0 Å². The summed E-state index contributed by atoms with van der Waals surface area (Å²) < 4.78 is 46.4. The van der Waals surface area contributed by atoms with Gasteiger partial charge in [0.1, 0.15) is 17.5 Å². The number of benzene rings is 4. The predicted octanol–water partition coefficient (Wildman–Crippen LogP) is 6.55. The fourth-order valence-electron chi connectivity index (χ4n) is 4.04. The average Bonchev–Trinajstić information content (AvgIpc) is 2.94. The number of aliphatic carboxylic acids is 1. The molecule has 2 N–H and O–H groups in total. The predicted molar refractivity (Wildman–Crippen MR) is 144 cm³/mol. The van der Waals surface area contributed by atoms with Crippen molar-refractivity contribution in [2.24, 2.45) is 0 Å². The molecule has 9 heteroatoms.